The quantitative estimate of drug-likeness (QED) is 0.717. The molecule has 3 amide bonds. The van der Waals surface area contributed by atoms with E-state index in [4.69, 9.17) is 0 Å². The number of rotatable bonds is 5. The highest BCUT2D eigenvalue weighted by atomic mass is 16.2. The summed E-state index contributed by atoms with van der Waals surface area (Å²) < 4.78 is 0. The second-order valence-electron chi connectivity index (χ2n) is 5.32. The summed E-state index contributed by atoms with van der Waals surface area (Å²) in [6, 6.07) is -0.585. The molecule has 0 aliphatic carbocycles. The Hall–Kier alpha value is -1.72. The number of hydrogen-bond donors (Lipinski definition) is 1. The van der Waals surface area contributed by atoms with E-state index in [0.717, 1.165) is 4.90 Å². The van der Waals surface area contributed by atoms with Crippen LogP contribution in [0.25, 0.3) is 0 Å². The fraction of sp³-hybridized carbons (Fsp3) is 0.692. The zero-order valence-corrected chi connectivity index (χ0v) is 11.7. The molecule has 0 bridgehead atoms. The second kappa shape index (κ2) is 5.95. The van der Waals surface area contributed by atoms with Crippen molar-refractivity contribution in [2.75, 3.05) is 6.54 Å². The molecule has 0 saturated carbocycles. The molecule has 0 spiro atoms. The molecule has 106 valence electrons. The number of amides is 3. The number of carbonyl (C=O) groups is 4. The van der Waals surface area contributed by atoms with Gasteiger partial charge in [0.1, 0.15) is 6.54 Å². The van der Waals surface area contributed by atoms with E-state index in [0.29, 0.717) is 0 Å². The maximum atomic E-state index is 11.8. The number of hydrogen-bond acceptors (Lipinski definition) is 4. The second-order valence-corrected chi connectivity index (χ2v) is 5.32. The number of nitrogens with one attached hydrogen (secondary N) is 1. The van der Waals surface area contributed by atoms with Crippen LogP contribution in [0.4, 0.5) is 0 Å². The number of likely N-dealkylation sites (tertiary alicyclic amines) is 1. The molecule has 1 aliphatic heterocycles. The highest BCUT2D eigenvalue weighted by Crippen LogP contribution is 2.18. The number of carbonyl (C=O) groups excluding carboxylic acids is 4. The molecule has 1 aliphatic rings. The van der Waals surface area contributed by atoms with Crippen LogP contribution in [0.5, 0.6) is 0 Å². The molecule has 1 heterocycles. The van der Waals surface area contributed by atoms with E-state index in [-0.39, 0.29) is 42.4 Å². The van der Waals surface area contributed by atoms with Crippen LogP contribution in [0.2, 0.25) is 0 Å². The first-order valence-electron chi connectivity index (χ1n) is 6.38. The Morgan fingerprint density at radius 1 is 1.37 bits per heavy atom. The van der Waals surface area contributed by atoms with Gasteiger partial charge in [-0.2, -0.15) is 0 Å². The minimum absolute atomic E-state index is 0.0367. The lowest BCUT2D eigenvalue weighted by atomic mass is 10.0. The molecular weight excluding hydrogens is 248 g/mol. The van der Waals surface area contributed by atoms with E-state index >= 15 is 0 Å². The standard InChI is InChI=1S/C13H20N2O4/c1-7(2)12(9(4)16)14-10(17)6-15-11(18)5-8(3)13(15)19/h7-8,12H,5-6H2,1-4H3,(H,14,17). The first-order valence-corrected chi connectivity index (χ1v) is 6.38. The topological polar surface area (TPSA) is 83.6 Å². The SMILES string of the molecule is CC(=O)C(NC(=O)CN1C(=O)CC(C)C1=O)C(C)C. The predicted molar refractivity (Wildman–Crippen MR) is 68.0 cm³/mol. The zero-order valence-electron chi connectivity index (χ0n) is 11.7. The third kappa shape index (κ3) is 3.62. The van der Waals surface area contributed by atoms with E-state index in [1.807, 2.05) is 13.8 Å². The lowest BCUT2D eigenvalue weighted by molar-refractivity contribution is -0.143. The van der Waals surface area contributed by atoms with Crippen LogP contribution in [0.3, 0.4) is 0 Å². The van der Waals surface area contributed by atoms with Crippen LogP contribution in [0.1, 0.15) is 34.1 Å². The van der Waals surface area contributed by atoms with E-state index in [1.165, 1.54) is 6.92 Å². The van der Waals surface area contributed by atoms with Crippen LogP contribution in [0, 0.1) is 11.8 Å². The largest absolute Gasteiger partial charge is 0.344 e. The van der Waals surface area contributed by atoms with Crippen molar-refractivity contribution in [1.82, 2.24) is 10.2 Å². The zero-order chi connectivity index (χ0) is 14.7. The van der Waals surface area contributed by atoms with Gasteiger partial charge in [-0.1, -0.05) is 20.8 Å². The van der Waals surface area contributed by atoms with Gasteiger partial charge in [0.2, 0.25) is 17.7 Å². The first kappa shape index (κ1) is 15.3. The summed E-state index contributed by atoms with van der Waals surface area (Å²) in [5, 5.41) is 2.56. The third-order valence-electron chi connectivity index (χ3n) is 3.19. The predicted octanol–water partition coefficient (Wildman–Crippen LogP) is 0.111. The van der Waals surface area contributed by atoms with Gasteiger partial charge in [-0.15, -0.1) is 0 Å². The van der Waals surface area contributed by atoms with Gasteiger partial charge in [0.15, 0.2) is 5.78 Å². The molecule has 1 rings (SSSR count). The first-order chi connectivity index (χ1) is 8.73. The fourth-order valence-corrected chi connectivity index (χ4v) is 2.11. The van der Waals surface area contributed by atoms with Crippen molar-refractivity contribution >= 4 is 23.5 Å². The minimum Gasteiger partial charge on any atom is -0.344 e. The van der Waals surface area contributed by atoms with Gasteiger partial charge in [0, 0.05) is 12.3 Å². The smallest absolute Gasteiger partial charge is 0.240 e. The van der Waals surface area contributed by atoms with Crippen LogP contribution >= 0.6 is 0 Å². The molecule has 1 fully saturated rings. The van der Waals surface area contributed by atoms with Crippen molar-refractivity contribution < 1.29 is 19.2 Å². The van der Waals surface area contributed by atoms with E-state index < -0.39 is 11.9 Å². The lowest BCUT2D eigenvalue weighted by Crippen LogP contribution is -2.48. The summed E-state index contributed by atoms with van der Waals surface area (Å²) in [6.45, 7) is 6.39. The van der Waals surface area contributed by atoms with Gasteiger partial charge in [-0.25, -0.2) is 0 Å². The Balaban J connectivity index is 2.63. The van der Waals surface area contributed by atoms with Crippen molar-refractivity contribution in [1.29, 1.82) is 0 Å². The van der Waals surface area contributed by atoms with Crippen molar-refractivity contribution in [3.05, 3.63) is 0 Å². The van der Waals surface area contributed by atoms with E-state index in [9.17, 15) is 19.2 Å². The Morgan fingerprint density at radius 3 is 2.32 bits per heavy atom. The number of ketones is 1. The number of imide groups is 1. The van der Waals surface area contributed by atoms with Crippen molar-refractivity contribution in [2.24, 2.45) is 11.8 Å². The van der Waals surface area contributed by atoms with Crippen LogP contribution in [0.15, 0.2) is 0 Å². The van der Waals surface area contributed by atoms with Gasteiger partial charge >= 0.3 is 0 Å². The average Bonchev–Trinajstić information content (AvgIpc) is 2.52. The molecule has 0 aromatic carbocycles. The van der Waals surface area contributed by atoms with Crippen LogP contribution < -0.4 is 5.32 Å². The van der Waals surface area contributed by atoms with E-state index in [1.54, 1.807) is 6.92 Å². The van der Waals surface area contributed by atoms with Gasteiger partial charge in [0.05, 0.1) is 6.04 Å². The normalized spacial score (nSPS) is 20.9. The molecule has 2 unspecified atom stereocenters. The molecular formula is C13H20N2O4. The Kier molecular flexibility index (Phi) is 4.80. The van der Waals surface area contributed by atoms with Crippen molar-refractivity contribution in [3.63, 3.8) is 0 Å². The summed E-state index contributed by atoms with van der Waals surface area (Å²) in [4.78, 5) is 47.3. The Labute approximate surface area is 112 Å². The monoisotopic (exact) mass is 268 g/mol. The van der Waals surface area contributed by atoms with Gasteiger partial charge in [-0.05, 0) is 12.8 Å². The van der Waals surface area contributed by atoms with Gasteiger partial charge in [0.25, 0.3) is 0 Å². The maximum absolute atomic E-state index is 11.8. The van der Waals surface area contributed by atoms with Gasteiger partial charge in [-0.3, -0.25) is 24.1 Å². The third-order valence-corrected chi connectivity index (χ3v) is 3.19. The minimum atomic E-state index is -0.585. The van der Waals surface area contributed by atoms with E-state index in [2.05, 4.69) is 5.32 Å². The highest BCUT2D eigenvalue weighted by Gasteiger charge is 2.37. The Morgan fingerprint density at radius 2 is 1.95 bits per heavy atom. The summed E-state index contributed by atoms with van der Waals surface area (Å²) in [6.07, 6.45) is 0.145. The van der Waals surface area contributed by atoms with Crippen LogP contribution in [-0.4, -0.2) is 41.0 Å². The van der Waals surface area contributed by atoms with Crippen molar-refractivity contribution in [3.8, 4) is 0 Å². The molecule has 0 aromatic rings. The molecule has 0 aromatic heterocycles. The highest BCUT2D eigenvalue weighted by molar-refractivity contribution is 6.06. The molecule has 6 nitrogen and oxygen atoms in total. The molecule has 19 heavy (non-hydrogen) atoms. The van der Waals surface area contributed by atoms with Crippen LogP contribution in [-0.2, 0) is 19.2 Å². The lowest BCUT2D eigenvalue weighted by Gasteiger charge is -2.21. The summed E-state index contributed by atoms with van der Waals surface area (Å²) in [7, 11) is 0. The molecule has 1 saturated heterocycles. The molecule has 2 atom stereocenters. The molecule has 6 heteroatoms. The fourth-order valence-electron chi connectivity index (χ4n) is 2.11. The van der Waals surface area contributed by atoms with Gasteiger partial charge < -0.3 is 5.32 Å². The Bertz CT molecular complexity index is 417. The summed E-state index contributed by atoms with van der Waals surface area (Å²) >= 11 is 0. The van der Waals surface area contributed by atoms with Crippen molar-refractivity contribution in [2.45, 2.75) is 40.2 Å². The maximum Gasteiger partial charge on any atom is 0.240 e. The average molecular weight is 268 g/mol. The number of Topliss-reactive ketones (excluding diaryl/α,β-unsaturated/α-hetero) is 1. The summed E-state index contributed by atoms with van der Waals surface area (Å²) in [5.41, 5.74) is 0. The molecule has 0 radical (unpaired) electrons. The number of nitrogens with zero attached hydrogens (tertiary/aromatic N) is 1. The summed E-state index contributed by atoms with van der Waals surface area (Å²) in [5.74, 6) is -1.69. The molecule has 1 N–H and O–H groups in total.